The zero-order chi connectivity index (χ0) is 13.7. The fourth-order valence-electron chi connectivity index (χ4n) is 1.74. The summed E-state index contributed by atoms with van der Waals surface area (Å²) in [6.07, 6.45) is 0. The largest absolute Gasteiger partial charge is 0.495 e. The minimum absolute atomic E-state index is 0.586. The lowest BCUT2D eigenvalue weighted by atomic mass is 10.2. The van der Waals surface area contributed by atoms with E-state index >= 15 is 0 Å². The lowest BCUT2D eigenvalue weighted by molar-refractivity contribution is 0.416. The van der Waals surface area contributed by atoms with Crippen molar-refractivity contribution in [2.75, 3.05) is 12.4 Å². The average Bonchev–Trinajstić information content (AvgIpc) is 2.46. The van der Waals surface area contributed by atoms with Crippen LogP contribution in [0.4, 0.5) is 5.69 Å². The van der Waals surface area contributed by atoms with E-state index in [0.29, 0.717) is 17.9 Å². The van der Waals surface area contributed by atoms with E-state index in [9.17, 15) is 0 Å². The van der Waals surface area contributed by atoms with Crippen LogP contribution in [0.2, 0.25) is 0 Å². The minimum atomic E-state index is 0.586. The normalized spacial score (nSPS) is 9.74. The predicted molar refractivity (Wildman–Crippen MR) is 79.2 cm³/mol. The topological polar surface area (TPSA) is 45.0 Å². The van der Waals surface area contributed by atoms with Gasteiger partial charge in [0.15, 0.2) is 0 Å². The van der Waals surface area contributed by atoms with E-state index in [2.05, 4.69) is 27.3 Å². The summed E-state index contributed by atoms with van der Waals surface area (Å²) in [7, 11) is 1.60. The van der Waals surface area contributed by atoms with Gasteiger partial charge in [-0.1, -0.05) is 34.1 Å². The quantitative estimate of drug-likeness (QED) is 0.929. The van der Waals surface area contributed by atoms with Crippen LogP contribution in [-0.2, 0) is 6.54 Å². The van der Waals surface area contributed by atoms with Gasteiger partial charge in [0.05, 0.1) is 24.4 Å². The summed E-state index contributed by atoms with van der Waals surface area (Å²) in [5, 5.41) is 12.2. The molecule has 0 atom stereocenters. The van der Waals surface area contributed by atoms with Crippen molar-refractivity contribution < 1.29 is 4.74 Å². The molecule has 0 unspecified atom stereocenters. The van der Waals surface area contributed by atoms with Gasteiger partial charge in [-0.05, 0) is 23.8 Å². The van der Waals surface area contributed by atoms with Crippen molar-refractivity contribution in [2.45, 2.75) is 6.54 Å². The van der Waals surface area contributed by atoms with Crippen LogP contribution in [0, 0.1) is 11.3 Å². The molecule has 0 heterocycles. The van der Waals surface area contributed by atoms with E-state index in [-0.39, 0.29) is 0 Å². The molecule has 0 aliphatic heterocycles. The third-order valence-corrected chi connectivity index (χ3v) is 3.53. The van der Waals surface area contributed by atoms with E-state index in [1.54, 1.807) is 19.2 Å². The molecule has 0 aromatic heterocycles. The Morgan fingerprint density at radius 1 is 1.26 bits per heavy atom. The van der Waals surface area contributed by atoms with Crippen molar-refractivity contribution in [2.24, 2.45) is 0 Å². The fourth-order valence-corrected chi connectivity index (χ4v) is 2.16. The van der Waals surface area contributed by atoms with Gasteiger partial charge in [0, 0.05) is 17.1 Å². The Kier molecular flexibility index (Phi) is 4.43. The number of benzene rings is 2. The first kappa shape index (κ1) is 13.4. The number of anilines is 1. The highest BCUT2D eigenvalue weighted by molar-refractivity contribution is 9.10. The number of nitrogens with one attached hydrogen (secondary N) is 1. The smallest absolute Gasteiger partial charge is 0.143 e. The number of nitriles is 1. The molecule has 0 radical (unpaired) electrons. The SMILES string of the molecule is COc1cc(C#N)ccc1NCc1ccccc1Br. The fraction of sp³-hybridized carbons (Fsp3) is 0.133. The molecule has 2 aromatic carbocycles. The summed E-state index contributed by atoms with van der Waals surface area (Å²) in [5.74, 6) is 0.672. The summed E-state index contributed by atoms with van der Waals surface area (Å²) in [5.41, 5.74) is 2.62. The van der Waals surface area contributed by atoms with E-state index in [4.69, 9.17) is 10.00 Å². The molecule has 0 saturated carbocycles. The Morgan fingerprint density at radius 2 is 2.05 bits per heavy atom. The first-order chi connectivity index (χ1) is 9.24. The second-order valence-electron chi connectivity index (χ2n) is 3.97. The molecule has 0 amide bonds. The third-order valence-electron chi connectivity index (χ3n) is 2.76. The lowest BCUT2D eigenvalue weighted by Crippen LogP contribution is -2.02. The first-order valence-electron chi connectivity index (χ1n) is 5.80. The van der Waals surface area contributed by atoms with Gasteiger partial charge in [-0.25, -0.2) is 0 Å². The van der Waals surface area contributed by atoms with Crippen molar-refractivity contribution >= 4 is 21.6 Å². The Morgan fingerprint density at radius 3 is 2.74 bits per heavy atom. The summed E-state index contributed by atoms with van der Waals surface area (Å²) in [6, 6.07) is 15.5. The van der Waals surface area contributed by atoms with Crippen LogP contribution in [0.15, 0.2) is 46.9 Å². The molecule has 0 saturated heterocycles. The van der Waals surface area contributed by atoms with E-state index in [0.717, 1.165) is 15.7 Å². The van der Waals surface area contributed by atoms with Crippen LogP contribution in [-0.4, -0.2) is 7.11 Å². The lowest BCUT2D eigenvalue weighted by Gasteiger charge is -2.12. The van der Waals surface area contributed by atoms with Gasteiger partial charge in [0.1, 0.15) is 5.75 Å². The van der Waals surface area contributed by atoms with Crippen molar-refractivity contribution in [1.82, 2.24) is 0 Å². The van der Waals surface area contributed by atoms with Gasteiger partial charge in [0.2, 0.25) is 0 Å². The number of methoxy groups -OCH3 is 1. The van der Waals surface area contributed by atoms with Crippen molar-refractivity contribution in [3.8, 4) is 11.8 Å². The molecule has 3 nitrogen and oxygen atoms in total. The molecule has 2 rings (SSSR count). The van der Waals surface area contributed by atoms with Gasteiger partial charge in [-0.3, -0.25) is 0 Å². The maximum Gasteiger partial charge on any atom is 0.143 e. The van der Waals surface area contributed by atoms with Gasteiger partial charge >= 0.3 is 0 Å². The zero-order valence-electron chi connectivity index (χ0n) is 10.5. The summed E-state index contributed by atoms with van der Waals surface area (Å²) in [4.78, 5) is 0. The van der Waals surface area contributed by atoms with Crippen LogP contribution in [0.5, 0.6) is 5.75 Å². The summed E-state index contributed by atoms with van der Waals surface area (Å²) >= 11 is 3.51. The Hall–Kier alpha value is -1.99. The van der Waals surface area contributed by atoms with Crippen molar-refractivity contribution in [3.05, 3.63) is 58.1 Å². The minimum Gasteiger partial charge on any atom is -0.495 e. The van der Waals surface area contributed by atoms with Gasteiger partial charge < -0.3 is 10.1 Å². The molecule has 0 fully saturated rings. The molecule has 4 heteroatoms. The number of rotatable bonds is 4. The standard InChI is InChI=1S/C15H13BrN2O/c1-19-15-8-11(9-17)6-7-14(15)18-10-12-4-2-3-5-13(12)16/h2-8,18H,10H2,1H3. The molecule has 0 bridgehead atoms. The second-order valence-corrected chi connectivity index (χ2v) is 4.83. The van der Waals surface area contributed by atoms with Crippen LogP contribution in [0.1, 0.15) is 11.1 Å². The number of nitrogens with zero attached hydrogens (tertiary/aromatic N) is 1. The average molecular weight is 317 g/mol. The van der Waals surface area contributed by atoms with E-state index in [1.807, 2.05) is 30.3 Å². The van der Waals surface area contributed by atoms with Gasteiger partial charge in [0.25, 0.3) is 0 Å². The first-order valence-corrected chi connectivity index (χ1v) is 6.59. The van der Waals surface area contributed by atoms with Crippen LogP contribution in [0.3, 0.4) is 0 Å². The van der Waals surface area contributed by atoms with Gasteiger partial charge in [-0.2, -0.15) is 5.26 Å². The number of hydrogen-bond donors (Lipinski definition) is 1. The maximum absolute atomic E-state index is 8.86. The molecule has 0 spiro atoms. The molecule has 96 valence electrons. The van der Waals surface area contributed by atoms with Crippen molar-refractivity contribution in [1.29, 1.82) is 5.26 Å². The highest BCUT2D eigenvalue weighted by atomic mass is 79.9. The van der Waals surface area contributed by atoms with E-state index in [1.165, 1.54) is 0 Å². The van der Waals surface area contributed by atoms with Crippen LogP contribution in [0.25, 0.3) is 0 Å². The molecule has 1 N–H and O–H groups in total. The van der Waals surface area contributed by atoms with Gasteiger partial charge in [-0.15, -0.1) is 0 Å². The Labute approximate surface area is 121 Å². The number of halogens is 1. The van der Waals surface area contributed by atoms with Crippen LogP contribution < -0.4 is 10.1 Å². The molecular weight excluding hydrogens is 304 g/mol. The molecule has 19 heavy (non-hydrogen) atoms. The summed E-state index contributed by atoms with van der Waals surface area (Å²) < 4.78 is 6.35. The number of hydrogen-bond acceptors (Lipinski definition) is 3. The Bertz CT molecular complexity index is 620. The monoisotopic (exact) mass is 316 g/mol. The molecule has 0 aliphatic carbocycles. The highest BCUT2D eigenvalue weighted by Crippen LogP contribution is 2.26. The molecule has 2 aromatic rings. The third kappa shape index (κ3) is 3.27. The van der Waals surface area contributed by atoms with Crippen molar-refractivity contribution in [3.63, 3.8) is 0 Å². The highest BCUT2D eigenvalue weighted by Gasteiger charge is 2.05. The zero-order valence-corrected chi connectivity index (χ0v) is 12.1. The summed E-state index contributed by atoms with van der Waals surface area (Å²) in [6.45, 7) is 0.684. The second kappa shape index (κ2) is 6.26. The maximum atomic E-state index is 8.86. The van der Waals surface area contributed by atoms with Crippen LogP contribution >= 0.6 is 15.9 Å². The van der Waals surface area contributed by atoms with E-state index < -0.39 is 0 Å². The predicted octanol–water partition coefficient (Wildman–Crippen LogP) is 3.94. The molecular formula is C15H13BrN2O. The molecule has 0 aliphatic rings. The number of ether oxygens (including phenoxy) is 1. The Balaban J connectivity index is 2.16.